The van der Waals surface area contributed by atoms with Crippen LogP contribution in [-0.2, 0) is 4.74 Å². The highest BCUT2D eigenvalue weighted by atomic mass is 19.4. The van der Waals surface area contributed by atoms with Crippen LogP contribution in [0.15, 0.2) is 36.5 Å². The zero-order valence-corrected chi connectivity index (χ0v) is 12.1. The molecule has 0 fully saturated rings. The summed E-state index contributed by atoms with van der Waals surface area (Å²) in [7, 11) is 0. The van der Waals surface area contributed by atoms with Crippen LogP contribution in [0.1, 0.15) is 16.9 Å². The summed E-state index contributed by atoms with van der Waals surface area (Å²) < 4.78 is 40.0. The first-order chi connectivity index (χ1) is 11.0. The van der Waals surface area contributed by atoms with E-state index in [1.54, 1.807) is 12.1 Å². The number of aromatic nitrogens is 3. The van der Waals surface area contributed by atoms with Crippen LogP contribution < -0.4 is 5.32 Å². The molecule has 0 bridgehead atoms. The number of hydrogen-bond donors (Lipinski definition) is 1. The molecule has 6 nitrogen and oxygen atoms in total. The molecule has 0 radical (unpaired) electrons. The molecule has 0 aliphatic rings. The Bertz CT molecular complexity index is 628. The summed E-state index contributed by atoms with van der Waals surface area (Å²) in [6, 6.07) is 9.07. The zero-order valence-electron chi connectivity index (χ0n) is 12.1. The average Bonchev–Trinajstić information content (AvgIpc) is 3.00. The van der Waals surface area contributed by atoms with Crippen molar-refractivity contribution in [1.82, 2.24) is 20.3 Å². The molecule has 0 spiro atoms. The minimum absolute atomic E-state index is 0.0868. The van der Waals surface area contributed by atoms with Gasteiger partial charge in [0.05, 0.1) is 11.9 Å². The van der Waals surface area contributed by atoms with E-state index in [1.807, 2.05) is 18.2 Å². The number of carbonyl (C=O) groups is 1. The summed E-state index contributed by atoms with van der Waals surface area (Å²) >= 11 is 0. The van der Waals surface area contributed by atoms with E-state index in [4.69, 9.17) is 0 Å². The number of alkyl halides is 3. The number of hydrogen-bond acceptors (Lipinski definition) is 4. The second-order valence-electron chi connectivity index (χ2n) is 4.63. The smallest absolute Gasteiger partial charge is 0.372 e. The molecular formula is C14H15F3N4O2. The first kappa shape index (κ1) is 16.9. The second kappa shape index (κ2) is 7.73. The van der Waals surface area contributed by atoms with E-state index in [9.17, 15) is 18.0 Å². The van der Waals surface area contributed by atoms with Gasteiger partial charge in [-0.1, -0.05) is 18.2 Å². The van der Waals surface area contributed by atoms with E-state index in [0.717, 1.165) is 0 Å². The van der Waals surface area contributed by atoms with Crippen molar-refractivity contribution in [1.29, 1.82) is 0 Å². The van der Waals surface area contributed by atoms with Crippen molar-refractivity contribution >= 4 is 5.91 Å². The number of ether oxygens (including phenoxy) is 1. The lowest BCUT2D eigenvalue weighted by Gasteiger charge is -2.07. The molecule has 124 valence electrons. The second-order valence-corrected chi connectivity index (χ2v) is 4.63. The van der Waals surface area contributed by atoms with E-state index in [1.165, 1.54) is 11.0 Å². The number of carbonyl (C=O) groups excluding carboxylic acids is 1. The topological polar surface area (TPSA) is 69.0 Å². The van der Waals surface area contributed by atoms with Crippen molar-refractivity contribution in [3.8, 4) is 5.69 Å². The number of amides is 1. The van der Waals surface area contributed by atoms with Crippen LogP contribution in [-0.4, -0.2) is 46.8 Å². The van der Waals surface area contributed by atoms with Crippen LogP contribution in [0.4, 0.5) is 13.2 Å². The van der Waals surface area contributed by atoms with E-state index in [-0.39, 0.29) is 25.3 Å². The summed E-state index contributed by atoms with van der Waals surface area (Å²) in [5.41, 5.74) is 0.845. The van der Waals surface area contributed by atoms with Gasteiger partial charge in [-0.25, -0.2) is 0 Å². The van der Waals surface area contributed by atoms with Crippen molar-refractivity contribution in [3.63, 3.8) is 0 Å². The fourth-order valence-electron chi connectivity index (χ4n) is 1.71. The lowest BCUT2D eigenvalue weighted by Crippen LogP contribution is -2.26. The minimum Gasteiger partial charge on any atom is -0.372 e. The van der Waals surface area contributed by atoms with Crippen LogP contribution in [0.3, 0.4) is 0 Å². The van der Waals surface area contributed by atoms with E-state index in [2.05, 4.69) is 20.3 Å². The van der Waals surface area contributed by atoms with Crippen molar-refractivity contribution in [2.45, 2.75) is 12.6 Å². The molecule has 23 heavy (non-hydrogen) atoms. The Hall–Kier alpha value is -2.42. The normalized spacial score (nSPS) is 11.4. The molecule has 9 heteroatoms. The Balaban J connectivity index is 1.73. The van der Waals surface area contributed by atoms with Gasteiger partial charge in [-0.15, -0.1) is 5.10 Å². The van der Waals surface area contributed by atoms with Crippen LogP contribution in [0.2, 0.25) is 0 Å². The van der Waals surface area contributed by atoms with Gasteiger partial charge in [0.25, 0.3) is 5.91 Å². The molecule has 1 N–H and O–H groups in total. The lowest BCUT2D eigenvalue weighted by atomic mass is 10.3. The standard InChI is InChI=1S/C14H15F3N4O2/c15-14(16,17)10-23-8-4-7-18-13(22)12-9-19-21(20-12)11-5-2-1-3-6-11/h1-3,5-6,9H,4,7-8,10H2,(H,18,22). The molecule has 0 saturated carbocycles. The molecular weight excluding hydrogens is 313 g/mol. The highest BCUT2D eigenvalue weighted by Crippen LogP contribution is 2.14. The van der Waals surface area contributed by atoms with Crippen LogP contribution >= 0.6 is 0 Å². The van der Waals surface area contributed by atoms with Gasteiger partial charge in [0.1, 0.15) is 6.61 Å². The zero-order chi connectivity index (χ0) is 16.7. The number of para-hydroxylation sites is 1. The third kappa shape index (κ3) is 5.70. The number of nitrogens with zero attached hydrogens (tertiary/aromatic N) is 3. The van der Waals surface area contributed by atoms with Gasteiger partial charge < -0.3 is 10.1 Å². The fourth-order valence-corrected chi connectivity index (χ4v) is 1.71. The SMILES string of the molecule is O=C(NCCCOCC(F)(F)F)c1cnn(-c2ccccc2)n1. The Morgan fingerprint density at radius 3 is 2.70 bits per heavy atom. The van der Waals surface area contributed by atoms with E-state index < -0.39 is 18.7 Å². The maximum atomic E-state index is 11.8. The molecule has 0 atom stereocenters. The molecule has 0 aliphatic heterocycles. The summed E-state index contributed by atoms with van der Waals surface area (Å²) in [5.74, 6) is -0.442. The first-order valence-corrected chi connectivity index (χ1v) is 6.86. The monoisotopic (exact) mass is 328 g/mol. The minimum atomic E-state index is -4.33. The molecule has 1 heterocycles. The largest absolute Gasteiger partial charge is 0.411 e. The number of rotatable bonds is 7. The fraction of sp³-hybridized carbons (Fsp3) is 0.357. The third-order valence-electron chi connectivity index (χ3n) is 2.73. The maximum absolute atomic E-state index is 11.8. The van der Waals surface area contributed by atoms with Gasteiger partial charge in [0.2, 0.25) is 0 Å². The molecule has 1 amide bonds. The van der Waals surface area contributed by atoms with Gasteiger partial charge >= 0.3 is 6.18 Å². The summed E-state index contributed by atoms with van der Waals surface area (Å²) in [5, 5.41) is 10.6. The molecule has 2 rings (SSSR count). The number of halogens is 3. The highest BCUT2D eigenvalue weighted by molar-refractivity contribution is 5.91. The summed E-state index contributed by atoms with van der Waals surface area (Å²) in [6.45, 7) is -1.18. The molecule has 1 aromatic carbocycles. The molecule has 1 aromatic heterocycles. The van der Waals surface area contributed by atoms with Gasteiger partial charge in [-0.05, 0) is 18.6 Å². The quantitative estimate of drug-likeness (QED) is 0.789. The highest BCUT2D eigenvalue weighted by Gasteiger charge is 2.27. The Morgan fingerprint density at radius 2 is 2.00 bits per heavy atom. The van der Waals surface area contributed by atoms with Gasteiger partial charge in [0.15, 0.2) is 5.69 Å². The predicted molar refractivity (Wildman–Crippen MR) is 75.2 cm³/mol. The van der Waals surface area contributed by atoms with Crippen LogP contribution in [0, 0.1) is 0 Å². The van der Waals surface area contributed by atoms with Crippen molar-refractivity contribution in [3.05, 3.63) is 42.2 Å². The van der Waals surface area contributed by atoms with Crippen molar-refractivity contribution < 1.29 is 22.7 Å². The molecule has 0 saturated heterocycles. The van der Waals surface area contributed by atoms with E-state index in [0.29, 0.717) is 5.69 Å². The molecule has 0 unspecified atom stereocenters. The van der Waals surface area contributed by atoms with Crippen molar-refractivity contribution in [2.24, 2.45) is 0 Å². The Labute approximate surface area is 130 Å². The van der Waals surface area contributed by atoms with Gasteiger partial charge in [-0.2, -0.15) is 23.1 Å². The third-order valence-corrected chi connectivity index (χ3v) is 2.73. The van der Waals surface area contributed by atoms with Crippen LogP contribution in [0.25, 0.3) is 5.69 Å². The maximum Gasteiger partial charge on any atom is 0.411 e. The first-order valence-electron chi connectivity index (χ1n) is 6.86. The Morgan fingerprint density at radius 1 is 1.26 bits per heavy atom. The predicted octanol–water partition coefficient (Wildman–Crippen LogP) is 1.97. The van der Waals surface area contributed by atoms with Gasteiger partial charge in [0, 0.05) is 13.2 Å². The lowest BCUT2D eigenvalue weighted by molar-refractivity contribution is -0.173. The molecule has 2 aromatic rings. The molecule has 0 aliphatic carbocycles. The Kier molecular flexibility index (Phi) is 5.69. The summed E-state index contributed by atoms with van der Waals surface area (Å²) in [4.78, 5) is 13.2. The van der Waals surface area contributed by atoms with Gasteiger partial charge in [-0.3, -0.25) is 4.79 Å². The van der Waals surface area contributed by atoms with Crippen molar-refractivity contribution in [2.75, 3.05) is 19.8 Å². The van der Waals surface area contributed by atoms with Crippen LogP contribution in [0.5, 0.6) is 0 Å². The number of benzene rings is 1. The average molecular weight is 328 g/mol. The number of nitrogens with one attached hydrogen (secondary N) is 1. The summed E-state index contributed by atoms with van der Waals surface area (Å²) in [6.07, 6.45) is -2.74. The van der Waals surface area contributed by atoms with E-state index >= 15 is 0 Å².